The molecule has 1 fully saturated rings. The Kier molecular flexibility index (Phi) is 7.30. The Labute approximate surface area is 223 Å². The third-order valence-electron chi connectivity index (χ3n) is 6.12. The van der Waals surface area contributed by atoms with Gasteiger partial charge in [0, 0.05) is 17.6 Å². The van der Waals surface area contributed by atoms with Crippen molar-refractivity contribution in [3.8, 4) is 11.5 Å². The van der Waals surface area contributed by atoms with Gasteiger partial charge in [-0.05, 0) is 66.9 Å². The van der Waals surface area contributed by atoms with E-state index in [0.717, 1.165) is 11.1 Å². The molecule has 1 N–H and O–H groups in total. The number of hydrogen-bond donors (Lipinski definition) is 1. The minimum Gasteiger partial charge on any atom is -0.507 e. The molecule has 1 unspecified atom stereocenters. The van der Waals surface area contributed by atoms with E-state index in [4.69, 9.17) is 32.7 Å². The van der Waals surface area contributed by atoms with E-state index in [0.29, 0.717) is 11.3 Å². The lowest BCUT2D eigenvalue weighted by Gasteiger charge is -2.26. The topological polar surface area (TPSA) is 93.1 Å². The number of esters is 1. The van der Waals surface area contributed by atoms with Crippen LogP contribution in [0.25, 0.3) is 5.76 Å². The number of Topliss-reactive ketones (excluding diaryl/α,β-unsaturated/α-hetero) is 1. The molecule has 0 bridgehead atoms. The van der Waals surface area contributed by atoms with E-state index < -0.39 is 29.5 Å². The fraction of sp³-hybridized carbons (Fsp3) is 0.179. The number of carbonyl (C=O) groups is 3. The van der Waals surface area contributed by atoms with E-state index >= 15 is 0 Å². The lowest BCUT2D eigenvalue weighted by molar-refractivity contribution is -0.132. The molecule has 3 aromatic carbocycles. The summed E-state index contributed by atoms with van der Waals surface area (Å²) in [4.78, 5) is 39.8. The van der Waals surface area contributed by atoms with Crippen molar-refractivity contribution in [2.75, 3.05) is 12.0 Å². The summed E-state index contributed by atoms with van der Waals surface area (Å²) in [6, 6.07) is 13.6. The van der Waals surface area contributed by atoms with Crippen LogP contribution in [0.3, 0.4) is 0 Å². The second-order valence-electron chi connectivity index (χ2n) is 8.57. The maximum absolute atomic E-state index is 13.5. The van der Waals surface area contributed by atoms with Gasteiger partial charge >= 0.3 is 5.97 Å². The SMILES string of the molecule is COc1c(Cl)cc(Cl)cc1/C(O)=C1\C(=O)C(=O)N(c2ccc(C)c(C)c2)C1c1cccc(OC(C)=O)c1. The molecule has 1 atom stereocenters. The summed E-state index contributed by atoms with van der Waals surface area (Å²) in [6.07, 6.45) is 0. The number of aliphatic hydroxyl groups is 1. The van der Waals surface area contributed by atoms with Gasteiger partial charge in [-0.2, -0.15) is 0 Å². The van der Waals surface area contributed by atoms with Crippen molar-refractivity contribution < 1.29 is 29.0 Å². The van der Waals surface area contributed by atoms with Crippen LogP contribution in [0.4, 0.5) is 5.69 Å². The Bertz CT molecular complexity index is 1480. The number of nitrogens with zero attached hydrogens (tertiary/aromatic N) is 1. The third-order valence-corrected chi connectivity index (χ3v) is 6.62. The number of aryl methyl sites for hydroxylation is 2. The average molecular weight is 540 g/mol. The molecule has 1 aliphatic rings. The van der Waals surface area contributed by atoms with Crippen LogP contribution in [-0.2, 0) is 14.4 Å². The summed E-state index contributed by atoms with van der Waals surface area (Å²) in [5.74, 6) is -2.46. The molecular weight excluding hydrogens is 517 g/mol. The van der Waals surface area contributed by atoms with E-state index in [2.05, 4.69) is 0 Å². The quantitative estimate of drug-likeness (QED) is 0.137. The maximum Gasteiger partial charge on any atom is 0.308 e. The highest BCUT2D eigenvalue weighted by Gasteiger charge is 2.47. The third kappa shape index (κ3) is 4.92. The van der Waals surface area contributed by atoms with Gasteiger partial charge in [0.2, 0.25) is 0 Å². The number of anilines is 1. The monoisotopic (exact) mass is 539 g/mol. The number of rotatable bonds is 5. The number of amides is 1. The Morgan fingerprint density at radius 1 is 1.00 bits per heavy atom. The van der Waals surface area contributed by atoms with Crippen LogP contribution in [0.15, 0.2) is 60.2 Å². The molecule has 4 rings (SSSR count). The smallest absolute Gasteiger partial charge is 0.308 e. The molecule has 1 amide bonds. The Morgan fingerprint density at radius 2 is 1.73 bits per heavy atom. The first kappa shape index (κ1) is 26.3. The normalized spacial score (nSPS) is 16.7. The molecule has 37 heavy (non-hydrogen) atoms. The number of carbonyl (C=O) groups excluding carboxylic acids is 3. The summed E-state index contributed by atoms with van der Waals surface area (Å²) in [6.45, 7) is 5.09. The highest BCUT2D eigenvalue weighted by atomic mass is 35.5. The Hall–Kier alpha value is -3.81. The second kappa shape index (κ2) is 10.3. The molecule has 0 spiro atoms. The van der Waals surface area contributed by atoms with Crippen molar-refractivity contribution >= 4 is 52.3 Å². The van der Waals surface area contributed by atoms with Crippen LogP contribution < -0.4 is 14.4 Å². The maximum atomic E-state index is 13.5. The molecule has 1 aliphatic heterocycles. The summed E-state index contributed by atoms with van der Waals surface area (Å²) < 4.78 is 10.6. The van der Waals surface area contributed by atoms with E-state index in [9.17, 15) is 19.5 Å². The van der Waals surface area contributed by atoms with E-state index in [1.165, 1.54) is 31.1 Å². The Morgan fingerprint density at radius 3 is 2.38 bits per heavy atom. The average Bonchev–Trinajstić information content (AvgIpc) is 3.10. The number of halogens is 2. The second-order valence-corrected chi connectivity index (χ2v) is 9.42. The van der Waals surface area contributed by atoms with Gasteiger partial charge in [0.25, 0.3) is 11.7 Å². The lowest BCUT2D eigenvalue weighted by Crippen LogP contribution is -2.29. The van der Waals surface area contributed by atoms with Crippen LogP contribution in [0.2, 0.25) is 10.0 Å². The summed E-state index contributed by atoms with van der Waals surface area (Å²) in [5, 5.41) is 11.8. The first-order valence-electron chi connectivity index (χ1n) is 11.2. The standard InChI is InChI=1S/C28H23Cl2NO6/c1-14-8-9-19(10-15(14)2)31-24(17-6-5-7-20(11-17)37-16(3)32)23(26(34)28(31)35)25(33)21-12-18(29)13-22(30)27(21)36-4/h5-13,24,33H,1-4H3/b25-23+. The molecule has 9 heteroatoms. The summed E-state index contributed by atoms with van der Waals surface area (Å²) in [5.41, 5.74) is 2.68. The molecule has 1 heterocycles. The molecule has 0 radical (unpaired) electrons. The van der Waals surface area contributed by atoms with Gasteiger partial charge < -0.3 is 14.6 Å². The lowest BCUT2D eigenvalue weighted by atomic mass is 9.94. The van der Waals surface area contributed by atoms with E-state index in [1.807, 2.05) is 19.9 Å². The molecule has 3 aromatic rings. The number of benzene rings is 3. The van der Waals surface area contributed by atoms with E-state index in [-0.39, 0.29) is 32.7 Å². The molecular formula is C28H23Cl2NO6. The number of methoxy groups -OCH3 is 1. The molecule has 0 aliphatic carbocycles. The predicted octanol–water partition coefficient (Wildman–Crippen LogP) is 6.17. The zero-order valence-corrected chi connectivity index (χ0v) is 22.0. The van der Waals surface area contributed by atoms with Gasteiger partial charge in [-0.1, -0.05) is 41.4 Å². The van der Waals surface area contributed by atoms with Gasteiger partial charge in [0.05, 0.1) is 29.3 Å². The molecule has 7 nitrogen and oxygen atoms in total. The molecule has 0 aromatic heterocycles. The van der Waals surface area contributed by atoms with Crippen molar-refractivity contribution in [3.63, 3.8) is 0 Å². The van der Waals surface area contributed by atoms with Crippen LogP contribution in [-0.4, -0.2) is 29.9 Å². The van der Waals surface area contributed by atoms with Crippen molar-refractivity contribution in [3.05, 3.63) is 92.5 Å². The van der Waals surface area contributed by atoms with Gasteiger partial charge in [0.15, 0.2) is 0 Å². The number of ether oxygens (including phenoxy) is 2. The zero-order chi connectivity index (χ0) is 27.0. The van der Waals surface area contributed by atoms with Crippen molar-refractivity contribution in [1.82, 2.24) is 0 Å². The van der Waals surface area contributed by atoms with Crippen LogP contribution in [0.5, 0.6) is 11.5 Å². The van der Waals surface area contributed by atoms with Crippen LogP contribution >= 0.6 is 23.2 Å². The minimum absolute atomic E-state index is 0.0548. The fourth-order valence-corrected chi connectivity index (χ4v) is 4.86. The first-order chi connectivity index (χ1) is 17.5. The van der Waals surface area contributed by atoms with Gasteiger partial charge in [0.1, 0.15) is 17.3 Å². The number of aliphatic hydroxyl groups excluding tert-OH is 1. The highest BCUT2D eigenvalue weighted by molar-refractivity contribution is 6.52. The highest BCUT2D eigenvalue weighted by Crippen LogP contribution is 2.45. The van der Waals surface area contributed by atoms with Crippen molar-refractivity contribution in [2.24, 2.45) is 0 Å². The van der Waals surface area contributed by atoms with E-state index in [1.54, 1.807) is 36.4 Å². The molecule has 190 valence electrons. The zero-order valence-electron chi connectivity index (χ0n) is 20.5. The molecule has 1 saturated heterocycles. The van der Waals surface area contributed by atoms with Crippen LogP contribution in [0.1, 0.15) is 35.2 Å². The number of hydrogen-bond acceptors (Lipinski definition) is 6. The Balaban J connectivity index is 2.02. The van der Waals surface area contributed by atoms with Crippen molar-refractivity contribution in [2.45, 2.75) is 26.8 Å². The largest absolute Gasteiger partial charge is 0.507 e. The first-order valence-corrected chi connectivity index (χ1v) is 12.0. The van der Waals surface area contributed by atoms with Crippen molar-refractivity contribution in [1.29, 1.82) is 0 Å². The van der Waals surface area contributed by atoms with Crippen LogP contribution in [0, 0.1) is 13.8 Å². The number of ketones is 1. The van der Waals surface area contributed by atoms with Gasteiger partial charge in [-0.25, -0.2) is 0 Å². The van der Waals surface area contributed by atoms with Gasteiger partial charge in [-0.15, -0.1) is 0 Å². The molecule has 0 saturated carbocycles. The predicted molar refractivity (Wildman–Crippen MR) is 141 cm³/mol. The van der Waals surface area contributed by atoms with Gasteiger partial charge in [-0.3, -0.25) is 19.3 Å². The summed E-state index contributed by atoms with van der Waals surface area (Å²) in [7, 11) is 1.36. The fourth-order valence-electron chi connectivity index (χ4n) is 4.29. The minimum atomic E-state index is -1.06. The summed E-state index contributed by atoms with van der Waals surface area (Å²) >= 11 is 12.5.